The van der Waals surface area contributed by atoms with Crippen molar-refractivity contribution < 1.29 is 4.74 Å². The topological polar surface area (TPSA) is 47.0 Å². The Morgan fingerprint density at radius 2 is 2.37 bits per heavy atom. The molecule has 1 aliphatic rings. The fourth-order valence-corrected chi connectivity index (χ4v) is 2.53. The van der Waals surface area contributed by atoms with Gasteiger partial charge in [0, 0.05) is 31.5 Å². The van der Waals surface area contributed by atoms with E-state index in [-0.39, 0.29) is 0 Å². The van der Waals surface area contributed by atoms with Gasteiger partial charge in [0.15, 0.2) is 0 Å². The normalized spacial score (nSPS) is 19.4. The van der Waals surface area contributed by atoms with Crippen molar-refractivity contribution in [1.29, 1.82) is 0 Å². The van der Waals surface area contributed by atoms with E-state index >= 15 is 0 Å². The molecule has 1 aromatic rings. The smallest absolute Gasteiger partial charge is 0.132 e. The average molecular weight is 263 g/mol. The maximum absolute atomic E-state index is 5.51. The largest absolute Gasteiger partial charge is 0.381 e. The minimum Gasteiger partial charge on any atom is -0.381 e. The first-order chi connectivity index (χ1) is 9.29. The SMILES string of the molecule is CCCc1cnc(C)nc1NCC[C@@H]1CCCOC1. The highest BCUT2D eigenvalue weighted by molar-refractivity contribution is 5.42. The van der Waals surface area contributed by atoms with Gasteiger partial charge >= 0.3 is 0 Å². The molecule has 4 nitrogen and oxygen atoms in total. The zero-order chi connectivity index (χ0) is 13.5. The zero-order valence-corrected chi connectivity index (χ0v) is 12.1. The van der Waals surface area contributed by atoms with Crippen molar-refractivity contribution in [3.8, 4) is 0 Å². The van der Waals surface area contributed by atoms with Crippen molar-refractivity contribution in [2.45, 2.75) is 46.0 Å². The number of aryl methyl sites for hydroxylation is 2. The third kappa shape index (κ3) is 4.46. The van der Waals surface area contributed by atoms with Gasteiger partial charge in [-0.25, -0.2) is 9.97 Å². The van der Waals surface area contributed by atoms with E-state index in [0.717, 1.165) is 50.7 Å². The number of anilines is 1. The van der Waals surface area contributed by atoms with Crippen molar-refractivity contribution in [2.24, 2.45) is 5.92 Å². The molecule has 106 valence electrons. The van der Waals surface area contributed by atoms with Crippen LogP contribution in [-0.4, -0.2) is 29.7 Å². The van der Waals surface area contributed by atoms with E-state index in [1.165, 1.54) is 18.4 Å². The number of nitrogens with zero attached hydrogens (tertiary/aromatic N) is 2. The van der Waals surface area contributed by atoms with Crippen molar-refractivity contribution in [3.05, 3.63) is 17.6 Å². The molecule has 1 N–H and O–H groups in total. The second-order valence-corrected chi connectivity index (χ2v) is 5.34. The van der Waals surface area contributed by atoms with E-state index in [1.807, 2.05) is 13.1 Å². The van der Waals surface area contributed by atoms with Crippen LogP contribution in [0.1, 0.15) is 44.0 Å². The Labute approximate surface area is 116 Å². The Kier molecular flexibility index (Phi) is 5.58. The summed E-state index contributed by atoms with van der Waals surface area (Å²) in [6.07, 6.45) is 7.78. The first-order valence-corrected chi connectivity index (χ1v) is 7.43. The van der Waals surface area contributed by atoms with Gasteiger partial charge in [-0.1, -0.05) is 13.3 Å². The van der Waals surface area contributed by atoms with Gasteiger partial charge in [0.25, 0.3) is 0 Å². The lowest BCUT2D eigenvalue weighted by Crippen LogP contribution is -2.20. The highest BCUT2D eigenvalue weighted by atomic mass is 16.5. The molecule has 0 spiro atoms. The highest BCUT2D eigenvalue weighted by Gasteiger charge is 2.13. The molecule has 0 unspecified atom stereocenters. The molecule has 2 heterocycles. The van der Waals surface area contributed by atoms with Crippen LogP contribution in [0.3, 0.4) is 0 Å². The molecular weight excluding hydrogens is 238 g/mol. The molecule has 19 heavy (non-hydrogen) atoms. The van der Waals surface area contributed by atoms with Crippen molar-refractivity contribution in [3.63, 3.8) is 0 Å². The number of aromatic nitrogens is 2. The van der Waals surface area contributed by atoms with Crippen molar-refractivity contribution >= 4 is 5.82 Å². The fourth-order valence-electron chi connectivity index (χ4n) is 2.53. The van der Waals surface area contributed by atoms with E-state index in [2.05, 4.69) is 22.2 Å². The molecule has 1 saturated heterocycles. The summed E-state index contributed by atoms with van der Waals surface area (Å²) < 4.78 is 5.51. The van der Waals surface area contributed by atoms with Crippen LogP contribution < -0.4 is 5.32 Å². The minimum atomic E-state index is 0.707. The van der Waals surface area contributed by atoms with Crippen molar-refractivity contribution in [1.82, 2.24) is 9.97 Å². The molecule has 1 aliphatic heterocycles. The molecule has 0 amide bonds. The standard InChI is InChI=1S/C15H25N3O/c1-3-5-14-10-17-12(2)18-15(14)16-8-7-13-6-4-9-19-11-13/h10,13H,3-9,11H2,1-2H3,(H,16,17,18)/t13-/m0/s1. The van der Waals surface area contributed by atoms with Crippen LogP contribution in [0.2, 0.25) is 0 Å². The van der Waals surface area contributed by atoms with E-state index in [1.54, 1.807) is 0 Å². The number of ether oxygens (including phenoxy) is 1. The van der Waals surface area contributed by atoms with Gasteiger partial charge in [0.2, 0.25) is 0 Å². The van der Waals surface area contributed by atoms with Crippen LogP contribution in [0.25, 0.3) is 0 Å². The van der Waals surface area contributed by atoms with Crippen LogP contribution >= 0.6 is 0 Å². The van der Waals surface area contributed by atoms with Crippen molar-refractivity contribution in [2.75, 3.05) is 25.1 Å². The molecule has 1 atom stereocenters. The number of hydrogen-bond donors (Lipinski definition) is 1. The van der Waals surface area contributed by atoms with Crippen LogP contribution in [0, 0.1) is 12.8 Å². The second-order valence-electron chi connectivity index (χ2n) is 5.34. The third-order valence-corrected chi connectivity index (χ3v) is 3.60. The van der Waals surface area contributed by atoms with Crippen LogP contribution in [0.4, 0.5) is 5.82 Å². The van der Waals surface area contributed by atoms with E-state index in [9.17, 15) is 0 Å². The maximum Gasteiger partial charge on any atom is 0.132 e. The first-order valence-electron chi connectivity index (χ1n) is 7.43. The van der Waals surface area contributed by atoms with Gasteiger partial charge in [0.1, 0.15) is 11.6 Å². The summed E-state index contributed by atoms with van der Waals surface area (Å²) in [5.41, 5.74) is 1.23. The van der Waals surface area contributed by atoms with E-state index < -0.39 is 0 Å². The summed E-state index contributed by atoms with van der Waals surface area (Å²) in [7, 11) is 0. The lowest BCUT2D eigenvalue weighted by atomic mass is 9.99. The number of nitrogens with one attached hydrogen (secondary N) is 1. The molecule has 0 saturated carbocycles. The Hall–Kier alpha value is -1.16. The van der Waals surface area contributed by atoms with Gasteiger partial charge in [-0.05, 0) is 38.5 Å². The number of rotatable bonds is 6. The second kappa shape index (κ2) is 7.43. The molecular formula is C15H25N3O. The summed E-state index contributed by atoms with van der Waals surface area (Å²) in [6, 6.07) is 0. The first kappa shape index (κ1) is 14.3. The number of hydrogen-bond acceptors (Lipinski definition) is 4. The zero-order valence-electron chi connectivity index (χ0n) is 12.1. The lowest BCUT2D eigenvalue weighted by Gasteiger charge is -2.22. The predicted octanol–water partition coefficient (Wildman–Crippen LogP) is 2.97. The van der Waals surface area contributed by atoms with Crippen LogP contribution in [0.15, 0.2) is 6.20 Å². The molecule has 1 aromatic heterocycles. The predicted molar refractivity (Wildman–Crippen MR) is 77.4 cm³/mol. The monoisotopic (exact) mass is 263 g/mol. The molecule has 2 rings (SSSR count). The summed E-state index contributed by atoms with van der Waals surface area (Å²) in [4.78, 5) is 8.81. The molecule has 0 aliphatic carbocycles. The minimum absolute atomic E-state index is 0.707. The average Bonchev–Trinajstić information content (AvgIpc) is 2.43. The Bertz CT molecular complexity index is 389. The maximum atomic E-state index is 5.51. The van der Waals surface area contributed by atoms with Crippen LogP contribution in [0.5, 0.6) is 0 Å². The summed E-state index contributed by atoms with van der Waals surface area (Å²) in [6.45, 7) is 6.96. The van der Waals surface area contributed by atoms with E-state index in [0.29, 0.717) is 5.92 Å². The summed E-state index contributed by atoms with van der Waals surface area (Å²) in [5.74, 6) is 2.56. The molecule has 4 heteroatoms. The Morgan fingerprint density at radius 3 is 3.11 bits per heavy atom. The molecule has 0 aromatic carbocycles. The quantitative estimate of drug-likeness (QED) is 0.857. The molecule has 1 fully saturated rings. The van der Waals surface area contributed by atoms with Gasteiger partial charge < -0.3 is 10.1 Å². The molecule has 0 bridgehead atoms. The van der Waals surface area contributed by atoms with Gasteiger partial charge in [-0.3, -0.25) is 0 Å². The fraction of sp³-hybridized carbons (Fsp3) is 0.733. The lowest BCUT2D eigenvalue weighted by molar-refractivity contribution is 0.0530. The van der Waals surface area contributed by atoms with Gasteiger partial charge in [-0.15, -0.1) is 0 Å². The van der Waals surface area contributed by atoms with Gasteiger partial charge in [0.05, 0.1) is 0 Å². The van der Waals surface area contributed by atoms with Gasteiger partial charge in [-0.2, -0.15) is 0 Å². The molecule has 0 radical (unpaired) electrons. The highest BCUT2D eigenvalue weighted by Crippen LogP contribution is 2.18. The van der Waals surface area contributed by atoms with Crippen LogP contribution in [-0.2, 0) is 11.2 Å². The summed E-state index contributed by atoms with van der Waals surface area (Å²) >= 11 is 0. The third-order valence-electron chi connectivity index (χ3n) is 3.60. The summed E-state index contributed by atoms with van der Waals surface area (Å²) in [5, 5.41) is 3.48. The Balaban J connectivity index is 1.85. The Morgan fingerprint density at radius 1 is 1.47 bits per heavy atom. The van der Waals surface area contributed by atoms with E-state index in [4.69, 9.17) is 4.74 Å².